The quantitative estimate of drug-likeness (QED) is 0.793. The summed E-state index contributed by atoms with van der Waals surface area (Å²) in [6.45, 7) is 0.616. The summed E-state index contributed by atoms with van der Waals surface area (Å²) in [5.74, 6) is 0.812. The van der Waals surface area contributed by atoms with Gasteiger partial charge in [0.25, 0.3) is 0 Å². The van der Waals surface area contributed by atoms with Crippen molar-refractivity contribution in [1.29, 1.82) is 0 Å². The number of carbonyl (C=O) groups is 1. The maximum atomic E-state index is 11.6. The first-order valence-corrected chi connectivity index (χ1v) is 5.84. The van der Waals surface area contributed by atoms with E-state index in [1.165, 1.54) is 0 Å². The van der Waals surface area contributed by atoms with Gasteiger partial charge >= 0.3 is 0 Å². The summed E-state index contributed by atoms with van der Waals surface area (Å²) >= 11 is 0. The molecule has 4 heteroatoms. The summed E-state index contributed by atoms with van der Waals surface area (Å²) < 4.78 is 5.14. The van der Waals surface area contributed by atoms with Gasteiger partial charge in [0.2, 0.25) is 5.91 Å². The zero-order valence-electron chi connectivity index (χ0n) is 10.0. The number of nitrogens with one attached hydrogen (secondary N) is 1. The second-order valence-electron chi connectivity index (χ2n) is 4.51. The first-order valence-electron chi connectivity index (χ1n) is 5.84. The van der Waals surface area contributed by atoms with Crippen molar-refractivity contribution in [3.05, 3.63) is 29.8 Å². The highest BCUT2D eigenvalue weighted by molar-refractivity contribution is 5.88. The van der Waals surface area contributed by atoms with Gasteiger partial charge in [-0.15, -0.1) is 0 Å². The zero-order chi connectivity index (χ0) is 12.3. The van der Waals surface area contributed by atoms with E-state index in [1.54, 1.807) is 7.11 Å². The number of nitrogens with two attached hydrogens (primary N) is 1. The Morgan fingerprint density at radius 1 is 1.53 bits per heavy atom. The average molecular weight is 234 g/mol. The van der Waals surface area contributed by atoms with Gasteiger partial charge in [-0.05, 0) is 37.0 Å². The molecule has 1 amide bonds. The van der Waals surface area contributed by atoms with E-state index < -0.39 is 5.54 Å². The predicted octanol–water partition coefficient (Wildman–Crippen LogP) is 0.845. The van der Waals surface area contributed by atoms with Crippen molar-refractivity contribution in [2.24, 2.45) is 5.73 Å². The Kier molecular flexibility index (Phi) is 3.33. The van der Waals surface area contributed by atoms with Gasteiger partial charge in [-0.2, -0.15) is 0 Å². The molecule has 0 heterocycles. The van der Waals surface area contributed by atoms with Crippen molar-refractivity contribution < 1.29 is 9.53 Å². The number of methoxy groups -OCH3 is 1. The Morgan fingerprint density at radius 3 is 2.94 bits per heavy atom. The lowest BCUT2D eigenvalue weighted by atomic mass is 10.1. The van der Waals surface area contributed by atoms with Crippen LogP contribution in [0.4, 0.5) is 0 Å². The van der Waals surface area contributed by atoms with Gasteiger partial charge in [0.1, 0.15) is 5.75 Å². The molecule has 1 aromatic carbocycles. The van der Waals surface area contributed by atoms with Gasteiger partial charge in [0.05, 0.1) is 12.6 Å². The molecule has 0 spiro atoms. The zero-order valence-corrected chi connectivity index (χ0v) is 10.0. The molecule has 1 fully saturated rings. The standard InChI is InChI=1S/C13H18N2O2/c1-17-11-4-2-3-10(9-11)5-8-15-12(16)13(14)6-7-13/h2-4,9H,5-8,14H2,1H3,(H,15,16). The van der Waals surface area contributed by atoms with Crippen molar-refractivity contribution in [3.8, 4) is 5.75 Å². The maximum Gasteiger partial charge on any atom is 0.240 e. The predicted molar refractivity (Wildman–Crippen MR) is 65.9 cm³/mol. The summed E-state index contributed by atoms with van der Waals surface area (Å²) in [5.41, 5.74) is 6.35. The minimum absolute atomic E-state index is 0.0274. The Hall–Kier alpha value is -1.55. The summed E-state index contributed by atoms with van der Waals surface area (Å²) in [6, 6.07) is 7.84. The maximum absolute atomic E-state index is 11.6. The second-order valence-corrected chi connectivity index (χ2v) is 4.51. The van der Waals surface area contributed by atoms with Crippen LogP contribution in [0.2, 0.25) is 0 Å². The first kappa shape index (κ1) is 11.9. The molecule has 3 N–H and O–H groups in total. The highest BCUT2D eigenvalue weighted by atomic mass is 16.5. The van der Waals surface area contributed by atoms with Crippen LogP contribution < -0.4 is 15.8 Å². The molecule has 1 saturated carbocycles. The topological polar surface area (TPSA) is 64.3 Å². The van der Waals surface area contributed by atoms with Crippen LogP contribution >= 0.6 is 0 Å². The van der Waals surface area contributed by atoms with Crippen LogP contribution in [-0.2, 0) is 11.2 Å². The molecule has 0 aliphatic heterocycles. The molecular formula is C13H18N2O2. The van der Waals surface area contributed by atoms with Crippen LogP contribution in [0, 0.1) is 0 Å². The fourth-order valence-electron chi connectivity index (χ4n) is 1.69. The fourth-order valence-corrected chi connectivity index (χ4v) is 1.69. The smallest absolute Gasteiger partial charge is 0.240 e. The molecule has 2 rings (SSSR count). The van der Waals surface area contributed by atoms with E-state index in [4.69, 9.17) is 10.5 Å². The normalized spacial score (nSPS) is 16.4. The third-order valence-electron chi connectivity index (χ3n) is 3.07. The number of ether oxygens (including phenoxy) is 1. The number of amides is 1. The molecule has 0 bridgehead atoms. The van der Waals surface area contributed by atoms with Gasteiger partial charge in [-0.1, -0.05) is 12.1 Å². The highest BCUT2D eigenvalue weighted by Crippen LogP contribution is 2.31. The molecule has 1 aromatic rings. The molecule has 0 atom stereocenters. The van der Waals surface area contributed by atoms with E-state index in [0.717, 1.165) is 30.6 Å². The SMILES string of the molecule is COc1cccc(CCNC(=O)C2(N)CC2)c1. The first-order chi connectivity index (χ1) is 8.14. The van der Waals surface area contributed by atoms with Gasteiger partial charge in [-0.25, -0.2) is 0 Å². The van der Waals surface area contributed by atoms with Crippen LogP contribution in [0.25, 0.3) is 0 Å². The summed E-state index contributed by atoms with van der Waals surface area (Å²) in [5, 5.41) is 2.87. The minimum Gasteiger partial charge on any atom is -0.497 e. The van der Waals surface area contributed by atoms with Crippen molar-refractivity contribution in [2.75, 3.05) is 13.7 Å². The minimum atomic E-state index is -0.575. The number of hydrogen-bond donors (Lipinski definition) is 2. The molecule has 0 saturated heterocycles. The molecule has 1 aliphatic rings. The number of hydrogen-bond acceptors (Lipinski definition) is 3. The average Bonchev–Trinajstić information content (AvgIpc) is 3.09. The number of benzene rings is 1. The van der Waals surface area contributed by atoms with E-state index in [2.05, 4.69) is 5.32 Å². The number of rotatable bonds is 5. The van der Waals surface area contributed by atoms with Gasteiger partial charge in [-0.3, -0.25) is 4.79 Å². The largest absolute Gasteiger partial charge is 0.497 e. The lowest BCUT2D eigenvalue weighted by Crippen LogP contribution is -2.43. The van der Waals surface area contributed by atoms with Crippen LogP contribution in [0.3, 0.4) is 0 Å². The molecule has 0 unspecified atom stereocenters. The Morgan fingerprint density at radius 2 is 2.29 bits per heavy atom. The Balaban J connectivity index is 1.79. The molecule has 4 nitrogen and oxygen atoms in total. The van der Waals surface area contributed by atoms with E-state index in [1.807, 2.05) is 24.3 Å². The Bertz CT molecular complexity index is 414. The van der Waals surface area contributed by atoms with E-state index in [-0.39, 0.29) is 5.91 Å². The summed E-state index contributed by atoms with van der Waals surface area (Å²) in [6.07, 6.45) is 2.40. The van der Waals surface area contributed by atoms with Gasteiger partial charge in [0, 0.05) is 6.54 Å². The summed E-state index contributed by atoms with van der Waals surface area (Å²) in [7, 11) is 1.65. The lowest BCUT2D eigenvalue weighted by molar-refractivity contribution is -0.123. The molecule has 92 valence electrons. The van der Waals surface area contributed by atoms with Gasteiger partial charge in [0.15, 0.2) is 0 Å². The third kappa shape index (κ3) is 2.97. The highest BCUT2D eigenvalue weighted by Gasteiger charge is 2.45. The van der Waals surface area contributed by atoms with Gasteiger partial charge < -0.3 is 15.8 Å². The van der Waals surface area contributed by atoms with Crippen molar-refractivity contribution >= 4 is 5.91 Å². The molecule has 1 aliphatic carbocycles. The molecule has 0 radical (unpaired) electrons. The fraction of sp³-hybridized carbons (Fsp3) is 0.462. The van der Waals surface area contributed by atoms with Crippen LogP contribution in [-0.4, -0.2) is 25.1 Å². The number of carbonyl (C=O) groups excluding carboxylic acids is 1. The van der Waals surface area contributed by atoms with E-state index in [9.17, 15) is 4.79 Å². The third-order valence-corrected chi connectivity index (χ3v) is 3.07. The lowest BCUT2D eigenvalue weighted by Gasteiger charge is -2.10. The van der Waals surface area contributed by atoms with Crippen molar-refractivity contribution in [3.63, 3.8) is 0 Å². The van der Waals surface area contributed by atoms with Crippen molar-refractivity contribution in [1.82, 2.24) is 5.32 Å². The molecule has 17 heavy (non-hydrogen) atoms. The molecule has 0 aromatic heterocycles. The van der Waals surface area contributed by atoms with Crippen molar-refractivity contribution in [2.45, 2.75) is 24.8 Å². The summed E-state index contributed by atoms with van der Waals surface area (Å²) in [4.78, 5) is 11.6. The van der Waals surface area contributed by atoms with Crippen LogP contribution in [0.15, 0.2) is 24.3 Å². The van der Waals surface area contributed by atoms with Crippen LogP contribution in [0.5, 0.6) is 5.75 Å². The monoisotopic (exact) mass is 234 g/mol. The van der Waals surface area contributed by atoms with E-state index in [0.29, 0.717) is 6.54 Å². The molecular weight excluding hydrogens is 216 g/mol. The second kappa shape index (κ2) is 4.75. The Labute approximate surface area is 101 Å². The van der Waals surface area contributed by atoms with E-state index >= 15 is 0 Å². The van der Waals surface area contributed by atoms with Crippen LogP contribution in [0.1, 0.15) is 18.4 Å².